The molecule has 0 aliphatic carbocycles. The van der Waals surface area contributed by atoms with Crippen molar-refractivity contribution in [3.05, 3.63) is 77.4 Å². The summed E-state index contributed by atoms with van der Waals surface area (Å²) in [4.78, 5) is 30.8. The molecule has 0 saturated carbocycles. The number of carbonyl (C=O) groups is 2. The summed E-state index contributed by atoms with van der Waals surface area (Å²) < 4.78 is 0. The Balaban J connectivity index is 1.85. The normalized spacial score (nSPS) is 10.9. The number of imidazole rings is 1. The quantitative estimate of drug-likeness (QED) is 0.504. The third-order valence-electron chi connectivity index (χ3n) is 4.59. The first-order valence-electron chi connectivity index (χ1n) is 8.66. The first kappa shape index (κ1) is 17.5. The van der Waals surface area contributed by atoms with Crippen LogP contribution in [0.3, 0.4) is 0 Å². The lowest BCUT2D eigenvalue weighted by Gasteiger charge is -2.07. The van der Waals surface area contributed by atoms with Crippen LogP contribution in [0.1, 0.15) is 26.3 Å². The number of aromatic nitrogens is 2. The van der Waals surface area contributed by atoms with Gasteiger partial charge in [0, 0.05) is 11.1 Å². The van der Waals surface area contributed by atoms with Crippen LogP contribution in [0.4, 0.5) is 0 Å². The zero-order chi connectivity index (χ0) is 19.8. The lowest BCUT2D eigenvalue weighted by atomic mass is 9.98. The van der Waals surface area contributed by atoms with Crippen LogP contribution in [-0.2, 0) is 0 Å². The fourth-order valence-electron chi connectivity index (χ4n) is 3.14. The van der Waals surface area contributed by atoms with E-state index in [-0.39, 0.29) is 5.56 Å². The van der Waals surface area contributed by atoms with Crippen LogP contribution >= 0.6 is 0 Å². The third kappa shape index (κ3) is 3.23. The highest BCUT2D eigenvalue weighted by Gasteiger charge is 2.13. The smallest absolute Gasteiger partial charge is 0.335 e. The highest BCUT2D eigenvalue weighted by molar-refractivity contribution is 5.94. The maximum atomic E-state index is 11.6. The van der Waals surface area contributed by atoms with Crippen LogP contribution in [0, 0.1) is 6.92 Å². The minimum absolute atomic E-state index is 0.156. The van der Waals surface area contributed by atoms with E-state index in [4.69, 9.17) is 5.73 Å². The molecule has 0 radical (unpaired) electrons. The molecule has 1 amide bonds. The van der Waals surface area contributed by atoms with Crippen LogP contribution in [-0.4, -0.2) is 27.0 Å². The number of aromatic carboxylic acids is 1. The molecular formula is C22H17N3O3. The Labute approximate surface area is 160 Å². The number of nitrogens with zero attached hydrogens (tertiary/aromatic N) is 1. The van der Waals surface area contributed by atoms with Gasteiger partial charge >= 0.3 is 5.97 Å². The Morgan fingerprint density at radius 1 is 0.893 bits per heavy atom. The van der Waals surface area contributed by atoms with E-state index in [9.17, 15) is 14.7 Å². The van der Waals surface area contributed by atoms with Crippen LogP contribution < -0.4 is 5.73 Å². The Morgan fingerprint density at radius 2 is 1.61 bits per heavy atom. The molecule has 0 atom stereocenters. The van der Waals surface area contributed by atoms with Crippen LogP contribution in [0.2, 0.25) is 0 Å². The Kier molecular flexibility index (Phi) is 4.16. The summed E-state index contributed by atoms with van der Waals surface area (Å²) in [7, 11) is 0. The predicted octanol–water partition coefficient (Wildman–Crippen LogP) is 4.00. The molecule has 4 N–H and O–H groups in total. The molecule has 0 unspecified atom stereocenters. The summed E-state index contributed by atoms with van der Waals surface area (Å²) in [6.45, 7) is 2.00. The summed E-state index contributed by atoms with van der Waals surface area (Å²) >= 11 is 0. The highest BCUT2D eigenvalue weighted by Crippen LogP contribution is 2.29. The van der Waals surface area contributed by atoms with Gasteiger partial charge in [0.05, 0.1) is 16.6 Å². The topological polar surface area (TPSA) is 109 Å². The summed E-state index contributed by atoms with van der Waals surface area (Å²) in [5, 5.41) is 9.53. The van der Waals surface area contributed by atoms with Gasteiger partial charge in [0.1, 0.15) is 5.82 Å². The van der Waals surface area contributed by atoms with Gasteiger partial charge in [-0.15, -0.1) is 0 Å². The van der Waals surface area contributed by atoms with Crippen molar-refractivity contribution in [3.63, 3.8) is 0 Å². The van der Waals surface area contributed by atoms with Gasteiger partial charge in [-0.1, -0.05) is 18.2 Å². The zero-order valence-corrected chi connectivity index (χ0v) is 15.1. The number of fused-ring (bicyclic) bond motifs is 1. The van der Waals surface area contributed by atoms with E-state index >= 15 is 0 Å². The van der Waals surface area contributed by atoms with E-state index in [1.54, 1.807) is 36.4 Å². The third-order valence-corrected chi connectivity index (χ3v) is 4.59. The molecule has 0 bridgehead atoms. The number of rotatable bonds is 4. The van der Waals surface area contributed by atoms with E-state index in [0.29, 0.717) is 22.5 Å². The predicted molar refractivity (Wildman–Crippen MR) is 107 cm³/mol. The molecule has 0 aliphatic heterocycles. The van der Waals surface area contributed by atoms with Gasteiger partial charge in [-0.2, -0.15) is 0 Å². The molecule has 1 aromatic heterocycles. The van der Waals surface area contributed by atoms with Crippen molar-refractivity contribution in [3.8, 4) is 22.5 Å². The fraction of sp³-hybridized carbons (Fsp3) is 0.0455. The molecule has 1 heterocycles. The number of carbonyl (C=O) groups excluding carboxylic acids is 1. The number of carboxylic acids is 1. The van der Waals surface area contributed by atoms with Gasteiger partial charge in [0.2, 0.25) is 5.91 Å². The molecule has 6 nitrogen and oxygen atoms in total. The SMILES string of the molecule is Cc1ccc2nc(-c3cc(C(=O)O)cc(-c4ccc(C(N)=O)cc4)c3)[nH]c2c1. The van der Waals surface area contributed by atoms with Crippen molar-refractivity contribution in [2.24, 2.45) is 5.73 Å². The van der Waals surface area contributed by atoms with Gasteiger partial charge in [-0.25, -0.2) is 9.78 Å². The molecular weight excluding hydrogens is 354 g/mol. The summed E-state index contributed by atoms with van der Waals surface area (Å²) in [6.07, 6.45) is 0. The first-order chi connectivity index (χ1) is 13.4. The number of aromatic amines is 1. The summed E-state index contributed by atoms with van der Waals surface area (Å²) in [6, 6.07) is 17.7. The molecule has 0 fully saturated rings. The average Bonchev–Trinajstić information content (AvgIpc) is 3.11. The number of hydrogen-bond acceptors (Lipinski definition) is 3. The van der Waals surface area contributed by atoms with E-state index in [0.717, 1.165) is 22.2 Å². The molecule has 4 aromatic rings. The largest absolute Gasteiger partial charge is 0.478 e. The Morgan fingerprint density at radius 3 is 2.29 bits per heavy atom. The molecule has 4 rings (SSSR count). The average molecular weight is 371 g/mol. The second kappa shape index (κ2) is 6.66. The van der Waals surface area contributed by atoms with E-state index in [1.165, 1.54) is 0 Å². The molecule has 0 saturated heterocycles. The van der Waals surface area contributed by atoms with Crippen molar-refractivity contribution in [1.82, 2.24) is 9.97 Å². The number of H-pyrrole nitrogens is 1. The van der Waals surface area contributed by atoms with Gasteiger partial charge < -0.3 is 15.8 Å². The number of primary amides is 1. The number of benzene rings is 3. The maximum absolute atomic E-state index is 11.6. The molecule has 6 heteroatoms. The van der Waals surface area contributed by atoms with Crippen LogP contribution in [0.25, 0.3) is 33.5 Å². The van der Waals surface area contributed by atoms with E-state index in [2.05, 4.69) is 9.97 Å². The van der Waals surface area contributed by atoms with Crippen LogP contribution in [0.5, 0.6) is 0 Å². The fourth-order valence-corrected chi connectivity index (χ4v) is 3.14. The maximum Gasteiger partial charge on any atom is 0.335 e. The number of carboxylic acid groups (broad SMARTS) is 1. The van der Waals surface area contributed by atoms with Crippen molar-refractivity contribution >= 4 is 22.9 Å². The number of amides is 1. The van der Waals surface area contributed by atoms with E-state index in [1.807, 2.05) is 31.2 Å². The molecule has 0 aliphatic rings. The zero-order valence-electron chi connectivity index (χ0n) is 15.1. The van der Waals surface area contributed by atoms with Crippen molar-refractivity contribution in [2.45, 2.75) is 6.92 Å². The second-order valence-electron chi connectivity index (χ2n) is 6.65. The van der Waals surface area contributed by atoms with Gasteiger partial charge in [-0.05, 0) is 66.1 Å². The van der Waals surface area contributed by atoms with Gasteiger partial charge in [-0.3, -0.25) is 4.79 Å². The number of aryl methyl sites for hydroxylation is 1. The summed E-state index contributed by atoms with van der Waals surface area (Å²) in [5.41, 5.74) is 10.8. The lowest BCUT2D eigenvalue weighted by molar-refractivity contribution is 0.0696. The van der Waals surface area contributed by atoms with Gasteiger partial charge in [0.15, 0.2) is 0 Å². The molecule has 0 spiro atoms. The monoisotopic (exact) mass is 371 g/mol. The Hall–Kier alpha value is -3.93. The minimum Gasteiger partial charge on any atom is -0.478 e. The molecule has 138 valence electrons. The Bertz CT molecular complexity index is 1220. The molecule has 28 heavy (non-hydrogen) atoms. The minimum atomic E-state index is -1.02. The summed E-state index contributed by atoms with van der Waals surface area (Å²) in [5.74, 6) is -0.938. The van der Waals surface area contributed by atoms with Gasteiger partial charge in [0.25, 0.3) is 0 Å². The number of hydrogen-bond donors (Lipinski definition) is 3. The second-order valence-corrected chi connectivity index (χ2v) is 6.65. The van der Waals surface area contributed by atoms with Crippen molar-refractivity contribution < 1.29 is 14.7 Å². The molecule has 3 aromatic carbocycles. The highest BCUT2D eigenvalue weighted by atomic mass is 16.4. The lowest BCUT2D eigenvalue weighted by Crippen LogP contribution is -2.10. The standard InChI is InChI=1S/C22H17N3O3/c1-12-2-7-18-19(8-12)25-21(24-18)16-9-15(10-17(11-16)22(27)28)13-3-5-14(6-4-13)20(23)26/h2-11H,1H3,(H2,23,26)(H,24,25)(H,27,28). The van der Waals surface area contributed by atoms with Crippen LogP contribution in [0.15, 0.2) is 60.7 Å². The number of nitrogens with two attached hydrogens (primary N) is 1. The van der Waals surface area contributed by atoms with E-state index < -0.39 is 11.9 Å². The first-order valence-corrected chi connectivity index (χ1v) is 8.66. The van der Waals surface area contributed by atoms with Crippen molar-refractivity contribution in [2.75, 3.05) is 0 Å². The van der Waals surface area contributed by atoms with Crippen molar-refractivity contribution in [1.29, 1.82) is 0 Å². The number of nitrogens with one attached hydrogen (secondary N) is 1.